The zero-order chi connectivity index (χ0) is 16.9. The van der Waals surface area contributed by atoms with E-state index >= 15 is 0 Å². The van der Waals surface area contributed by atoms with Crippen LogP contribution in [-0.2, 0) is 16.5 Å². The second-order valence-electron chi connectivity index (χ2n) is 5.07. The van der Waals surface area contributed by atoms with Crippen LogP contribution >= 0.6 is 0 Å². The molecule has 23 heavy (non-hydrogen) atoms. The summed E-state index contributed by atoms with van der Waals surface area (Å²) in [5, 5.41) is 0. The Hall–Kier alpha value is -2.05. The summed E-state index contributed by atoms with van der Waals surface area (Å²) in [4.78, 5) is -0.182. The van der Waals surface area contributed by atoms with Crippen LogP contribution < -0.4 is 9.47 Å². The lowest BCUT2D eigenvalue weighted by atomic mass is 10.1. The Morgan fingerprint density at radius 3 is 2.17 bits per heavy atom. The predicted octanol–water partition coefficient (Wildman–Crippen LogP) is 2.92. The van der Waals surface area contributed by atoms with E-state index in [1.165, 1.54) is 6.07 Å². The van der Waals surface area contributed by atoms with Gasteiger partial charge in [0.15, 0.2) is 0 Å². The highest BCUT2D eigenvalue weighted by atomic mass is 32.2. The van der Waals surface area contributed by atoms with Crippen LogP contribution in [0.25, 0.3) is 0 Å². The summed E-state index contributed by atoms with van der Waals surface area (Å²) >= 11 is 0. The van der Waals surface area contributed by atoms with Gasteiger partial charge in [-0.3, -0.25) is 0 Å². The molecule has 5 nitrogen and oxygen atoms in total. The van der Waals surface area contributed by atoms with Crippen LogP contribution in [0.2, 0.25) is 0 Å². The normalized spacial score (nSPS) is 11.3. The fraction of sp³-hybridized carbons (Fsp3) is 0.294. The minimum atomic E-state index is -4.48. The first-order valence-electron chi connectivity index (χ1n) is 7.31. The van der Waals surface area contributed by atoms with E-state index in [1.807, 2.05) is 13.8 Å². The standard InChI is InChI=1S/C17H20O5S/c1-3-21-15-5-7-16(8-6-15)22-11-10-14-12-13(2)4-9-17(14)23(18,19)20/h4-9,12H,3,10-11H2,1-2H3,(H,18,19,20)/p-1. The molecule has 0 saturated heterocycles. The van der Waals surface area contributed by atoms with Gasteiger partial charge in [-0.2, -0.15) is 0 Å². The first-order valence-corrected chi connectivity index (χ1v) is 8.72. The molecule has 0 radical (unpaired) electrons. The first-order chi connectivity index (χ1) is 10.9. The Morgan fingerprint density at radius 1 is 1.00 bits per heavy atom. The van der Waals surface area contributed by atoms with Gasteiger partial charge in [0.05, 0.1) is 18.1 Å². The molecule has 0 unspecified atom stereocenters. The van der Waals surface area contributed by atoms with Crippen molar-refractivity contribution in [3.8, 4) is 11.5 Å². The van der Waals surface area contributed by atoms with Gasteiger partial charge in [0, 0.05) is 6.42 Å². The van der Waals surface area contributed by atoms with Crippen LogP contribution in [0.4, 0.5) is 0 Å². The lowest BCUT2D eigenvalue weighted by molar-refractivity contribution is 0.317. The maximum absolute atomic E-state index is 11.3. The van der Waals surface area contributed by atoms with Crippen LogP contribution in [-0.4, -0.2) is 26.2 Å². The third-order valence-electron chi connectivity index (χ3n) is 3.26. The Kier molecular flexibility index (Phi) is 5.63. The summed E-state index contributed by atoms with van der Waals surface area (Å²) < 4.78 is 44.8. The minimum Gasteiger partial charge on any atom is -0.744 e. The van der Waals surface area contributed by atoms with Crippen molar-refractivity contribution in [3.63, 3.8) is 0 Å². The molecule has 0 aliphatic carbocycles. The summed E-state index contributed by atoms with van der Waals surface area (Å²) in [6.45, 7) is 4.63. The molecule has 6 heteroatoms. The average molecular weight is 335 g/mol. The fourth-order valence-corrected chi connectivity index (χ4v) is 2.94. The lowest BCUT2D eigenvalue weighted by Crippen LogP contribution is -2.08. The molecular formula is C17H19O5S-. The molecule has 0 heterocycles. The highest BCUT2D eigenvalue weighted by Crippen LogP contribution is 2.20. The molecule has 0 amide bonds. The third-order valence-corrected chi connectivity index (χ3v) is 4.20. The zero-order valence-electron chi connectivity index (χ0n) is 13.1. The monoisotopic (exact) mass is 335 g/mol. The van der Waals surface area contributed by atoms with Gasteiger partial charge in [0.1, 0.15) is 21.6 Å². The summed E-state index contributed by atoms with van der Waals surface area (Å²) in [6.07, 6.45) is 0.339. The topological polar surface area (TPSA) is 75.7 Å². The number of hydrogen-bond acceptors (Lipinski definition) is 5. The zero-order valence-corrected chi connectivity index (χ0v) is 13.9. The molecule has 124 valence electrons. The van der Waals surface area contributed by atoms with Crippen molar-refractivity contribution >= 4 is 10.1 Å². The Labute approximate surface area is 136 Å². The number of aryl methyl sites for hydroxylation is 1. The molecular weight excluding hydrogens is 316 g/mol. The van der Waals surface area contributed by atoms with E-state index in [0.717, 1.165) is 11.3 Å². The molecule has 0 saturated carbocycles. The predicted molar refractivity (Wildman–Crippen MR) is 86.0 cm³/mol. The van der Waals surface area contributed by atoms with Crippen molar-refractivity contribution in [2.24, 2.45) is 0 Å². The summed E-state index contributed by atoms with van der Waals surface area (Å²) in [5.41, 5.74) is 1.37. The summed E-state index contributed by atoms with van der Waals surface area (Å²) in [6, 6.07) is 11.8. The molecule has 2 aromatic rings. The summed E-state index contributed by atoms with van der Waals surface area (Å²) in [5.74, 6) is 1.42. The quantitative estimate of drug-likeness (QED) is 0.727. The van der Waals surface area contributed by atoms with Crippen LogP contribution in [0, 0.1) is 6.92 Å². The van der Waals surface area contributed by atoms with Crippen LogP contribution in [0.3, 0.4) is 0 Å². The number of benzene rings is 2. The van der Waals surface area contributed by atoms with Gasteiger partial charge < -0.3 is 14.0 Å². The second-order valence-corrected chi connectivity index (χ2v) is 6.42. The number of ether oxygens (including phenoxy) is 2. The van der Waals surface area contributed by atoms with Crippen LogP contribution in [0.1, 0.15) is 18.1 Å². The van der Waals surface area contributed by atoms with Crippen LogP contribution in [0.5, 0.6) is 11.5 Å². The molecule has 0 aliphatic rings. The van der Waals surface area contributed by atoms with E-state index in [4.69, 9.17) is 9.47 Å². The van der Waals surface area contributed by atoms with Gasteiger partial charge in [-0.15, -0.1) is 0 Å². The Morgan fingerprint density at radius 2 is 1.61 bits per heavy atom. The van der Waals surface area contributed by atoms with Gasteiger partial charge in [0.25, 0.3) is 0 Å². The first kappa shape index (κ1) is 17.3. The van der Waals surface area contributed by atoms with E-state index in [2.05, 4.69) is 0 Å². The molecule has 0 N–H and O–H groups in total. The van der Waals surface area contributed by atoms with Crippen molar-refractivity contribution in [2.45, 2.75) is 25.2 Å². The maximum Gasteiger partial charge on any atom is 0.124 e. The highest BCUT2D eigenvalue weighted by molar-refractivity contribution is 7.85. The van der Waals surface area contributed by atoms with Gasteiger partial charge in [-0.25, -0.2) is 8.42 Å². The van der Waals surface area contributed by atoms with Crippen molar-refractivity contribution in [1.82, 2.24) is 0 Å². The van der Waals surface area contributed by atoms with E-state index in [9.17, 15) is 13.0 Å². The van der Waals surface area contributed by atoms with Gasteiger partial charge in [0.2, 0.25) is 0 Å². The molecule has 0 bridgehead atoms. The third kappa shape index (κ3) is 4.97. The second kappa shape index (κ2) is 7.48. The van der Waals surface area contributed by atoms with Crippen molar-refractivity contribution in [1.29, 1.82) is 0 Å². The number of rotatable bonds is 7. The molecule has 2 rings (SSSR count). The summed E-state index contributed by atoms with van der Waals surface area (Å²) in [7, 11) is -4.48. The molecule has 0 atom stereocenters. The molecule has 0 spiro atoms. The molecule has 0 aromatic heterocycles. The smallest absolute Gasteiger partial charge is 0.124 e. The van der Waals surface area contributed by atoms with Gasteiger partial charge in [-0.1, -0.05) is 17.7 Å². The molecule has 0 fully saturated rings. The SMILES string of the molecule is CCOc1ccc(OCCc2cc(C)ccc2S(=O)(=O)[O-])cc1. The van der Waals surface area contributed by atoms with E-state index in [0.29, 0.717) is 24.3 Å². The number of hydrogen-bond donors (Lipinski definition) is 0. The fourth-order valence-electron chi connectivity index (χ4n) is 2.23. The molecule has 0 aliphatic heterocycles. The molecule has 2 aromatic carbocycles. The highest BCUT2D eigenvalue weighted by Gasteiger charge is 2.09. The minimum absolute atomic E-state index is 0.182. The maximum atomic E-state index is 11.3. The largest absolute Gasteiger partial charge is 0.744 e. The Bertz CT molecular complexity index is 751. The van der Waals surface area contributed by atoms with Gasteiger partial charge >= 0.3 is 0 Å². The van der Waals surface area contributed by atoms with Gasteiger partial charge in [-0.05, 0) is 49.7 Å². The van der Waals surface area contributed by atoms with E-state index in [1.54, 1.807) is 36.4 Å². The van der Waals surface area contributed by atoms with E-state index in [-0.39, 0.29) is 11.5 Å². The van der Waals surface area contributed by atoms with Crippen molar-refractivity contribution in [3.05, 3.63) is 53.6 Å². The van der Waals surface area contributed by atoms with Crippen molar-refractivity contribution in [2.75, 3.05) is 13.2 Å². The van der Waals surface area contributed by atoms with Crippen molar-refractivity contribution < 1.29 is 22.4 Å². The van der Waals surface area contributed by atoms with Crippen LogP contribution in [0.15, 0.2) is 47.4 Å². The Balaban J connectivity index is 2.02. The average Bonchev–Trinajstić information content (AvgIpc) is 2.48. The van der Waals surface area contributed by atoms with E-state index < -0.39 is 10.1 Å². The lowest BCUT2D eigenvalue weighted by Gasteiger charge is -2.14.